The number of amides is 2. The zero-order valence-corrected chi connectivity index (χ0v) is 18.9. The third-order valence-electron chi connectivity index (χ3n) is 7.27. The Hall–Kier alpha value is -3.57. The van der Waals surface area contributed by atoms with Crippen LogP contribution in [0.25, 0.3) is 11.0 Å². The molecule has 5 atom stereocenters. The number of carbonyl (C=O) groups is 3. The molecule has 2 amide bonds. The molecule has 1 aromatic carbocycles. The third kappa shape index (κ3) is 3.22. The minimum absolute atomic E-state index is 0.0486. The van der Waals surface area contributed by atoms with Crippen molar-refractivity contribution >= 4 is 28.8 Å². The molecule has 6 rings (SSSR count). The number of aliphatic hydroxyl groups excluding tert-OH is 1. The van der Waals surface area contributed by atoms with Crippen LogP contribution in [-0.4, -0.2) is 91.7 Å². The highest BCUT2D eigenvalue weighted by atomic mass is 16.6. The molecule has 4 aliphatic rings. The molecule has 4 aliphatic heterocycles. The first-order chi connectivity index (χ1) is 17.0. The molecule has 0 saturated carbocycles. The van der Waals surface area contributed by atoms with Crippen molar-refractivity contribution in [2.24, 2.45) is 11.8 Å². The minimum Gasteiger partial charge on any atom is -0.465 e. The summed E-state index contributed by atoms with van der Waals surface area (Å²) in [7, 11) is 0. The number of aromatic nitrogens is 3. The summed E-state index contributed by atoms with van der Waals surface area (Å²) in [6.07, 6.45) is 7.09. The van der Waals surface area contributed by atoms with Crippen molar-refractivity contribution in [1.82, 2.24) is 24.8 Å². The molecule has 11 heteroatoms. The Morgan fingerprint density at radius 2 is 2.00 bits per heavy atom. The number of benzene rings is 1. The Kier molecular flexibility index (Phi) is 5.19. The van der Waals surface area contributed by atoms with Gasteiger partial charge in [-0.2, -0.15) is 0 Å². The summed E-state index contributed by atoms with van der Waals surface area (Å²) in [6, 6.07) is 6.42. The van der Waals surface area contributed by atoms with Crippen LogP contribution in [0.1, 0.15) is 6.42 Å². The van der Waals surface area contributed by atoms with E-state index in [1.165, 1.54) is 4.90 Å². The Morgan fingerprint density at radius 1 is 1.14 bits per heavy atom. The van der Waals surface area contributed by atoms with Gasteiger partial charge < -0.3 is 24.4 Å². The van der Waals surface area contributed by atoms with Crippen LogP contribution in [-0.2, 0) is 30.5 Å². The molecule has 0 bridgehead atoms. The maximum Gasteiger partial charge on any atom is 0.312 e. The summed E-state index contributed by atoms with van der Waals surface area (Å²) in [4.78, 5) is 43.6. The van der Waals surface area contributed by atoms with Crippen LogP contribution in [0.4, 0.5) is 0 Å². The number of fused-ring (bicyclic) bond motifs is 3. The van der Waals surface area contributed by atoms with Crippen LogP contribution < -0.4 is 0 Å². The van der Waals surface area contributed by atoms with Crippen molar-refractivity contribution in [2.75, 3.05) is 26.3 Å². The third-order valence-corrected chi connectivity index (χ3v) is 7.27. The van der Waals surface area contributed by atoms with Gasteiger partial charge in [0.05, 0.1) is 30.8 Å². The lowest BCUT2D eigenvalue weighted by Crippen LogP contribution is -2.55. The van der Waals surface area contributed by atoms with Gasteiger partial charge in [-0.3, -0.25) is 14.4 Å². The van der Waals surface area contributed by atoms with Gasteiger partial charge in [-0.25, -0.2) is 4.68 Å². The predicted octanol–water partition coefficient (Wildman–Crippen LogP) is -0.137. The number of cyclic esters (lactones) is 1. The molecule has 1 spiro atoms. The van der Waals surface area contributed by atoms with Crippen molar-refractivity contribution in [2.45, 2.75) is 30.8 Å². The Morgan fingerprint density at radius 3 is 2.86 bits per heavy atom. The molecule has 1 aromatic heterocycles. The van der Waals surface area contributed by atoms with Gasteiger partial charge in [0.15, 0.2) is 0 Å². The summed E-state index contributed by atoms with van der Waals surface area (Å²) < 4.78 is 13.5. The lowest BCUT2D eigenvalue weighted by molar-refractivity contribution is -0.155. The highest BCUT2D eigenvalue weighted by molar-refractivity contribution is 5.99. The first kappa shape index (κ1) is 21.9. The predicted molar refractivity (Wildman–Crippen MR) is 120 cm³/mol. The number of nitrogens with zero attached hydrogens (tertiary/aromatic N) is 5. The van der Waals surface area contributed by atoms with Crippen molar-refractivity contribution in [3.63, 3.8) is 0 Å². The second-order valence-corrected chi connectivity index (χ2v) is 9.16. The van der Waals surface area contributed by atoms with E-state index in [0.29, 0.717) is 11.9 Å². The molecule has 0 radical (unpaired) electrons. The number of ether oxygens (including phenoxy) is 2. The number of aliphatic hydroxyl groups is 1. The van der Waals surface area contributed by atoms with E-state index in [2.05, 4.69) is 10.3 Å². The zero-order chi connectivity index (χ0) is 24.2. The molecule has 35 heavy (non-hydrogen) atoms. The maximum atomic E-state index is 14.0. The van der Waals surface area contributed by atoms with E-state index in [1.54, 1.807) is 27.8 Å². The Bertz CT molecular complexity index is 1260. The molecule has 11 nitrogen and oxygen atoms in total. The molecule has 0 aliphatic carbocycles. The first-order valence-corrected chi connectivity index (χ1v) is 11.7. The average molecular weight is 479 g/mol. The van der Waals surface area contributed by atoms with E-state index in [-0.39, 0.29) is 38.9 Å². The van der Waals surface area contributed by atoms with E-state index >= 15 is 0 Å². The monoisotopic (exact) mass is 479 g/mol. The molecule has 1 N–H and O–H groups in total. The van der Waals surface area contributed by atoms with Crippen LogP contribution in [0.2, 0.25) is 0 Å². The molecule has 2 fully saturated rings. The summed E-state index contributed by atoms with van der Waals surface area (Å²) in [5, 5.41) is 18.1. The second-order valence-electron chi connectivity index (χ2n) is 9.16. The van der Waals surface area contributed by atoms with Crippen LogP contribution in [0.3, 0.4) is 0 Å². The summed E-state index contributed by atoms with van der Waals surface area (Å²) in [5.74, 6) is -3.03. The van der Waals surface area contributed by atoms with Gasteiger partial charge in [-0.05, 0) is 18.6 Å². The van der Waals surface area contributed by atoms with Crippen LogP contribution in [0.5, 0.6) is 0 Å². The Balaban J connectivity index is 1.40. The van der Waals surface area contributed by atoms with Gasteiger partial charge in [0.1, 0.15) is 29.7 Å². The highest BCUT2D eigenvalue weighted by Crippen LogP contribution is 2.53. The lowest BCUT2D eigenvalue weighted by atomic mass is 9.78. The fourth-order valence-corrected chi connectivity index (χ4v) is 5.81. The largest absolute Gasteiger partial charge is 0.465 e. The van der Waals surface area contributed by atoms with Crippen molar-refractivity contribution in [3.05, 3.63) is 48.6 Å². The fraction of sp³-hybridized carbons (Fsp3) is 0.458. The van der Waals surface area contributed by atoms with Crippen molar-refractivity contribution in [1.29, 1.82) is 0 Å². The zero-order valence-electron chi connectivity index (χ0n) is 18.9. The van der Waals surface area contributed by atoms with E-state index < -0.39 is 41.5 Å². The van der Waals surface area contributed by atoms with E-state index in [9.17, 15) is 19.5 Å². The van der Waals surface area contributed by atoms with E-state index in [0.717, 1.165) is 5.52 Å². The van der Waals surface area contributed by atoms with Crippen molar-refractivity contribution in [3.8, 4) is 0 Å². The number of rotatable bonds is 4. The van der Waals surface area contributed by atoms with Gasteiger partial charge >= 0.3 is 5.97 Å². The minimum atomic E-state index is -1.34. The summed E-state index contributed by atoms with van der Waals surface area (Å²) in [5.41, 5.74) is 0.144. The number of hydrogen-bond acceptors (Lipinski definition) is 8. The number of likely N-dealkylation sites (tertiary alicyclic amines) is 1. The molecule has 1 unspecified atom stereocenters. The maximum absolute atomic E-state index is 14.0. The molecule has 2 saturated heterocycles. The van der Waals surface area contributed by atoms with Gasteiger partial charge in [-0.1, -0.05) is 41.7 Å². The van der Waals surface area contributed by atoms with Crippen molar-refractivity contribution < 1.29 is 29.0 Å². The number of para-hydroxylation sites is 1. The van der Waals surface area contributed by atoms with Crippen LogP contribution >= 0.6 is 0 Å². The highest BCUT2D eigenvalue weighted by Gasteiger charge is 2.71. The molecule has 5 heterocycles. The molecular formula is C24H25N5O6. The lowest BCUT2D eigenvalue weighted by Gasteiger charge is -2.35. The molecule has 2 aromatic rings. The second kappa shape index (κ2) is 8.28. The van der Waals surface area contributed by atoms with Gasteiger partial charge in [-0.15, -0.1) is 5.10 Å². The molecular weight excluding hydrogens is 454 g/mol. The summed E-state index contributed by atoms with van der Waals surface area (Å²) >= 11 is 0. The smallest absolute Gasteiger partial charge is 0.312 e. The Labute approximate surface area is 200 Å². The van der Waals surface area contributed by atoms with E-state index in [1.807, 2.05) is 30.3 Å². The van der Waals surface area contributed by atoms with Crippen LogP contribution in [0, 0.1) is 11.8 Å². The average Bonchev–Trinajstić information content (AvgIpc) is 3.43. The van der Waals surface area contributed by atoms with Gasteiger partial charge in [0.2, 0.25) is 5.91 Å². The number of esters is 1. The number of carbonyl (C=O) groups excluding carboxylic acids is 3. The van der Waals surface area contributed by atoms with Gasteiger partial charge in [0.25, 0.3) is 5.91 Å². The molecule has 182 valence electrons. The standard InChI is InChI=1S/C24H25N5O6/c30-12-11-28-20-22(32)27(14-29-16-7-2-1-6-15(16)25-26-29)10-5-9-24(20)19(21(28)31)18-17(35-24)8-3-4-13-34-23(18)33/h1-3,5-9,17-20,30H,4,10-14H2/t17-,18+,19+,20?,24+/m1/s1. The normalized spacial score (nSPS) is 32.2. The quantitative estimate of drug-likeness (QED) is 0.474. The fourth-order valence-electron chi connectivity index (χ4n) is 5.81. The summed E-state index contributed by atoms with van der Waals surface area (Å²) in [6.45, 7) is 0.237. The number of hydrogen-bond donors (Lipinski definition) is 1. The first-order valence-electron chi connectivity index (χ1n) is 11.7. The van der Waals surface area contributed by atoms with Crippen LogP contribution in [0.15, 0.2) is 48.6 Å². The topological polar surface area (TPSA) is 127 Å². The SMILES string of the molecule is O=C1OCCC=C[C@H]2O[C@]34C=CCN(Cn5nnc6ccccc65)C(=O)C3N(CCO)C(=O)[C@@H]4[C@@H]12. The number of β-amino-alcohol motifs (C(OH)–C–C–N with tert-alkyl or cyclic N) is 1. The van der Waals surface area contributed by atoms with Gasteiger partial charge in [0, 0.05) is 13.1 Å². The van der Waals surface area contributed by atoms with E-state index in [4.69, 9.17) is 9.47 Å².